The molecular weight excluding hydrogens is 360 g/mol. The van der Waals surface area contributed by atoms with Crippen LogP contribution in [0.4, 0.5) is 5.69 Å². The van der Waals surface area contributed by atoms with Gasteiger partial charge in [-0.15, -0.1) is 0 Å². The molecule has 2 aliphatic rings. The maximum absolute atomic E-state index is 13.7. The lowest BCUT2D eigenvalue weighted by molar-refractivity contribution is -0.120. The lowest BCUT2D eigenvalue weighted by Crippen LogP contribution is -2.37. The Labute approximate surface area is 172 Å². The monoisotopic (exact) mass is 388 g/mol. The minimum Gasteiger partial charge on any atom is -0.366 e. The summed E-state index contributed by atoms with van der Waals surface area (Å²) in [6, 6.07) is 11.9. The van der Waals surface area contributed by atoms with Gasteiger partial charge in [-0.05, 0) is 75.3 Å². The lowest BCUT2D eigenvalue weighted by atomic mass is 9.96. The smallest absolute Gasteiger partial charge is 0.282 e. The van der Waals surface area contributed by atoms with E-state index < -0.39 is 0 Å². The van der Waals surface area contributed by atoms with Crippen molar-refractivity contribution in [1.29, 1.82) is 0 Å². The zero-order chi connectivity index (χ0) is 20.7. The van der Waals surface area contributed by atoms with Crippen LogP contribution in [0.5, 0.6) is 0 Å². The first-order valence-electron chi connectivity index (χ1n) is 10.4. The minimum atomic E-state index is -0.212. The predicted molar refractivity (Wildman–Crippen MR) is 117 cm³/mol. The molecule has 2 heterocycles. The van der Waals surface area contributed by atoms with E-state index in [0.29, 0.717) is 17.0 Å². The standard InChI is InChI=1S/C25H28N2O2/c1-16-11-12-20(18(3)15-16)22-23(26-13-6-5-7-14-26)25(29)27(24(22)28)21-10-8-9-17(2)19(21)4/h8-12,15H,5-7,13-14H2,1-4H3. The van der Waals surface area contributed by atoms with Crippen LogP contribution in [-0.2, 0) is 9.59 Å². The van der Waals surface area contributed by atoms with Gasteiger partial charge in [0.25, 0.3) is 11.8 Å². The average Bonchev–Trinajstić information content (AvgIpc) is 2.95. The zero-order valence-corrected chi connectivity index (χ0v) is 17.7. The number of aryl methyl sites for hydroxylation is 3. The normalized spacial score (nSPS) is 17.5. The van der Waals surface area contributed by atoms with Crippen LogP contribution >= 0.6 is 0 Å². The molecule has 0 radical (unpaired) electrons. The van der Waals surface area contributed by atoms with E-state index in [-0.39, 0.29) is 11.8 Å². The van der Waals surface area contributed by atoms with Crippen molar-refractivity contribution in [3.05, 3.63) is 69.9 Å². The molecule has 0 aliphatic carbocycles. The van der Waals surface area contributed by atoms with Crippen molar-refractivity contribution < 1.29 is 9.59 Å². The van der Waals surface area contributed by atoms with Gasteiger partial charge in [-0.3, -0.25) is 9.59 Å². The Morgan fingerprint density at radius 3 is 2.21 bits per heavy atom. The molecule has 2 aromatic rings. The molecule has 1 saturated heterocycles. The van der Waals surface area contributed by atoms with Gasteiger partial charge < -0.3 is 4.90 Å². The third-order valence-electron chi connectivity index (χ3n) is 6.20. The van der Waals surface area contributed by atoms with Gasteiger partial charge in [0.2, 0.25) is 0 Å². The molecular formula is C25H28N2O2. The maximum Gasteiger partial charge on any atom is 0.282 e. The van der Waals surface area contributed by atoms with E-state index in [9.17, 15) is 9.59 Å². The second-order valence-electron chi connectivity index (χ2n) is 8.25. The van der Waals surface area contributed by atoms with Crippen molar-refractivity contribution in [3.63, 3.8) is 0 Å². The van der Waals surface area contributed by atoms with Crippen LogP contribution in [0.1, 0.15) is 47.1 Å². The molecule has 0 aromatic heterocycles. The van der Waals surface area contributed by atoms with Crippen molar-refractivity contribution >= 4 is 23.1 Å². The van der Waals surface area contributed by atoms with E-state index in [2.05, 4.69) is 11.0 Å². The number of piperidine rings is 1. The van der Waals surface area contributed by atoms with Crippen molar-refractivity contribution in [3.8, 4) is 0 Å². The molecule has 0 atom stereocenters. The highest BCUT2D eigenvalue weighted by molar-refractivity contribution is 6.45. The molecule has 0 N–H and O–H groups in total. The molecule has 4 nitrogen and oxygen atoms in total. The number of hydrogen-bond donors (Lipinski definition) is 0. The minimum absolute atomic E-state index is 0.194. The second kappa shape index (κ2) is 7.51. The maximum atomic E-state index is 13.7. The summed E-state index contributed by atoms with van der Waals surface area (Å²) in [7, 11) is 0. The summed E-state index contributed by atoms with van der Waals surface area (Å²) in [4.78, 5) is 30.9. The SMILES string of the molecule is Cc1ccc(C2=C(N3CCCCC3)C(=O)N(c3cccc(C)c3C)C2=O)c(C)c1. The number of imide groups is 1. The first-order chi connectivity index (χ1) is 13.9. The summed E-state index contributed by atoms with van der Waals surface area (Å²) in [5.41, 5.74) is 6.89. The third kappa shape index (κ3) is 3.27. The summed E-state index contributed by atoms with van der Waals surface area (Å²) in [6.45, 7) is 9.68. The molecule has 1 fully saturated rings. The number of carbonyl (C=O) groups excluding carboxylic acids is 2. The Balaban J connectivity index is 1.89. The number of benzene rings is 2. The first-order valence-corrected chi connectivity index (χ1v) is 10.4. The Hall–Kier alpha value is -2.88. The third-order valence-corrected chi connectivity index (χ3v) is 6.20. The van der Waals surface area contributed by atoms with Gasteiger partial charge >= 0.3 is 0 Å². The Kier molecular flexibility index (Phi) is 5.03. The second-order valence-corrected chi connectivity index (χ2v) is 8.25. The highest BCUT2D eigenvalue weighted by atomic mass is 16.2. The number of rotatable bonds is 3. The van der Waals surface area contributed by atoms with Crippen LogP contribution in [0.2, 0.25) is 0 Å². The first kappa shape index (κ1) is 19.4. The molecule has 0 unspecified atom stereocenters. The van der Waals surface area contributed by atoms with Crippen molar-refractivity contribution in [1.82, 2.24) is 4.90 Å². The van der Waals surface area contributed by atoms with Crippen LogP contribution in [0.3, 0.4) is 0 Å². The van der Waals surface area contributed by atoms with E-state index in [0.717, 1.165) is 53.7 Å². The van der Waals surface area contributed by atoms with Gasteiger partial charge in [-0.25, -0.2) is 4.90 Å². The fraction of sp³-hybridized carbons (Fsp3) is 0.360. The Morgan fingerprint density at radius 2 is 1.52 bits per heavy atom. The topological polar surface area (TPSA) is 40.6 Å². The fourth-order valence-corrected chi connectivity index (χ4v) is 4.46. The Morgan fingerprint density at radius 1 is 0.793 bits per heavy atom. The summed E-state index contributed by atoms with van der Waals surface area (Å²) in [5.74, 6) is -0.406. The average molecular weight is 389 g/mol. The van der Waals surface area contributed by atoms with Gasteiger partial charge in [-0.1, -0.05) is 35.9 Å². The molecule has 150 valence electrons. The summed E-state index contributed by atoms with van der Waals surface area (Å²) >= 11 is 0. The molecule has 0 saturated carbocycles. The molecule has 4 heteroatoms. The van der Waals surface area contributed by atoms with Crippen LogP contribution in [0, 0.1) is 27.7 Å². The highest BCUT2D eigenvalue weighted by Crippen LogP contribution is 2.38. The Bertz CT molecular complexity index is 1030. The van der Waals surface area contributed by atoms with E-state index in [1.165, 1.54) is 11.3 Å². The van der Waals surface area contributed by atoms with Gasteiger partial charge in [0, 0.05) is 13.1 Å². The quantitative estimate of drug-likeness (QED) is 0.716. The molecule has 2 amide bonds. The molecule has 4 rings (SSSR count). The number of likely N-dealkylation sites (tertiary alicyclic amines) is 1. The number of nitrogens with zero attached hydrogens (tertiary/aromatic N) is 2. The molecule has 29 heavy (non-hydrogen) atoms. The van der Waals surface area contributed by atoms with Gasteiger partial charge in [0.05, 0.1) is 11.3 Å². The van der Waals surface area contributed by atoms with E-state index in [1.807, 2.05) is 58.0 Å². The van der Waals surface area contributed by atoms with Crippen LogP contribution in [0.25, 0.3) is 5.57 Å². The molecule has 2 aromatic carbocycles. The van der Waals surface area contributed by atoms with Gasteiger partial charge in [0.15, 0.2) is 0 Å². The van der Waals surface area contributed by atoms with Crippen molar-refractivity contribution in [2.45, 2.75) is 47.0 Å². The fourth-order valence-electron chi connectivity index (χ4n) is 4.46. The zero-order valence-electron chi connectivity index (χ0n) is 17.7. The molecule has 2 aliphatic heterocycles. The molecule has 0 bridgehead atoms. The van der Waals surface area contributed by atoms with Gasteiger partial charge in [0.1, 0.15) is 5.70 Å². The lowest BCUT2D eigenvalue weighted by Gasteiger charge is -2.30. The van der Waals surface area contributed by atoms with E-state index in [1.54, 1.807) is 0 Å². The summed E-state index contributed by atoms with van der Waals surface area (Å²) < 4.78 is 0. The van der Waals surface area contributed by atoms with Crippen LogP contribution in [0.15, 0.2) is 42.1 Å². The van der Waals surface area contributed by atoms with Crippen molar-refractivity contribution in [2.24, 2.45) is 0 Å². The van der Waals surface area contributed by atoms with Crippen molar-refractivity contribution in [2.75, 3.05) is 18.0 Å². The largest absolute Gasteiger partial charge is 0.366 e. The van der Waals surface area contributed by atoms with Crippen LogP contribution < -0.4 is 4.90 Å². The van der Waals surface area contributed by atoms with Crippen LogP contribution in [-0.4, -0.2) is 29.8 Å². The molecule has 0 spiro atoms. The predicted octanol–water partition coefficient (Wildman–Crippen LogP) is 4.69. The van der Waals surface area contributed by atoms with Gasteiger partial charge in [-0.2, -0.15) is 0 Å². The summed E-state index contributed by atoms with van der Waals surface area (Å²) in [5, 5.41) is 0. The summed E-state index contributed by atoms with van der Waals surface area (Å²) in [6.07, 6.45) is 3.27. The number of carbonyl (C=O) groups is 2. The highest BCUT2D eigenvalue weighted by Gasteiger charge is 2.43. The number of hydrogen-bond acceptors (Lipinski definition) is 3. The number of anilines is 1. The van der Waals surface area contributed by atoms with E-state index in [4.69, 9.17) is 0 Å². The number of amides is 2. The van der Waals surface area contributed by atoms with E-state index >= 15 is 0 Å².